The third-order valence-electron chi connectivity index (χ3n) is 4.18. The monoisotopic (exact) mass is 195 g/mol. The van der Waals surface area contributed by atoms with Crippen molar-refractivity contribution in [2.75, 3.05) is 0 Å². The van der Waals surface area contributed by atoms with E-state index in [1.807, 2.05) is 0 Å². The Balaban J connectivity index is 1.68. The SMILES string of the molecule is C1CCC2OC3CCCCC3NC2C1. The molecule has 3 aliphatic rings. The van der Waals surface area contributed by atoms with Gasteiger partial charge in [0.2, 0.25) is 0 Å². The molecule has 2 nitrogen and oxygen atoms in total. The minimum absolute atomic E-state index is 0.545. The zero-order valence-corrected chi connectivity index (χ0v) is 8.87. The van der Waals surface area contributed by atoms with E-state index >= 15 is 0 Å². The fraction of sp³-hybridized carbons (Fsp3) is 1.00. The molecule has 1 saturated heterocycles. The smallest absolute Gasteiger partial charge is 0.0732 e. The Morgan fingerprint density at radius 3 is 1.79 bits per heavy atom. The number of morpholine rings is 1. The van der Waals surface area contributed by atoms with Gasteiger partial charge >= 0.3 is 0 Å². The molecular formula is C12H21NO. The molecule has 0 amide bonds. The van der Waals surface area contributed by atoms with Crippen LogP contribution < -0.4 is 5.32 Å². The molecule has 80 valence electrons. The van der Waals surface area contributed by atoms with Crippen LogP contribution in [0, 0.1) is 0 Å². The lowest BCUT2D eigenvalue weighted by Gasteiger charge is -2.46. The molecule has 0 aromatic heterocycles. The summed E-state index contributed by atoms with van der Waals surface area (Å²) < 4.78 is 6.23. The highest BCUT2D eigenvalue weighted by molar-refractivity contribution is 4.94. The van der Waals surface area contributed by atoms with Crippen LogP contribution in [0.5, 0.6) is 0 Å². The van der Waals surface area contributed by atoms with Gasteiger partial charge in [-0.1, -0.05) is 25.7 Å². The Hall–Kier alpha value is -0.0800. The molecule has 0 aromatic carbocycles. The van der Waals surface area contributed by atoms with Crippen LogP contribution >= 0.6 is 0 Å². The maximum Gasteiger partial charge on any atom is 0.0732 e. The molecule has 2 saturated carbocycles. The number of ether oxygens (including phenoxy) is 1. The van der Waals surface area contributed by atoms with Gasteiger partial charge in [-0.3, -0.25) is 0 Å². The van der Waals surface area contributed by atoms with Gasteiger partial charge in [-0.15, -0.1) is 0 Å². The Morgan fingerprint density at radius 2 is 1.21 bits per heavy atom. The number of hydrogen-bond donors (Lipinski definition) is 1. The van der Waals surface area contributed by atoms with Crippen molar-refractivity contribution < 1.29 is 4.74 Å². The zero-order chi connectivity index (χ0) is 9.38. The van der Waals surface area contributed by atoms with E-state index < -0.39 is 0 Å². The quantitative estimate of drug-likeness (QED) is 0.640. The van der Waals surface area contributed by atoms with Gasteiger partial charge in [0.25, 0.3) is 0 Å². The minimum atomic E-state index is 0.545. The molecule has 3 rings (SSSR count). The third-order valence-corrected chi connectivity index (χ3v) is 4.18. The summed E-state index contributed by atoms with van der Waals surface area (Å²) in [6.07, 6.45) is 11.9. The van der Waals surface area contributed by atoms with Crippen molar-refractivity contribution in [2.45, 2.75) is 75.7 Å². The second-order valence-electron chi connectivity index (χ2n) is 5.16. The maximum absolute atomic E-state index is 6.23. The van der Waals surface area contributed by atoms with Gasteiger partial charge in [-0.2, -0.15) is 0 Å². The molecule has 1 heterocycles. The standard InChI is InChI=1S/C12H21NO/c1-3-7-11-9(5-1)13-10-6-2-4-8-12(10)14-11/h9-13H,1-8H2. The van der Waals surface area contributed by atoms with Crippen molar-refractivity contribution >= 4 is 0 Å². The van der Waals surface area contributed by atoms with Gasteiger partial charge in [0.1, 0.15) is 0 Å². The summed E-state index contributed by atoms with van der Waals surface area (Å²) in [4.78, 5) is 0. The molecule has 1 N–H and O–H groups in total. The summed E-state index contributed by atoms with van der Waals surface area (Å²) in [7, 11) is 0. The number of rotatable bonds is 0. The fourth-order valence-corrected chi connectivity index (χ4v) is 3.40. The van der Waals surface area contributed by atoms with Crippen LogP contribution in [-0.2, 0) is 4.74 Å². The van der Waals surface area contributed by atoms with E-state index in [-0.39, 0.29) is 0 Å². The number of hydrogen-bond acceptors (Lipinski definition) is 2. The second-order valence-corrected chi connectivity index (χ2v) is 5.16. The highest BCUT2D eigenvalue weighted by Crippen LogP contribution is 2.32. The molecule has 2 aliphatic carbocycles. The summed E-state index contributed by atoms with van der Waals surface area (Å²) in [5, 5.41) is 3.83. The molecule has 14 heavy (non-hydrogen) atoms. The van der Waals surface area contributed by atoms with Crippen molar-refractivity contribution in [3.8, 4) is 0 Å². The van der Waals surface area contributed by atoms with E-state index in [0.717, 1.165) is 0 Å². The van der Waals surface area contributed by atoms with Gasteiger partial charge in [0, 0.05) is 12.1 Å². The summed E-state index contributed by atoms with van der Waals surface area (Å²) in [5.74, 6) is 0. The fourth-order valence-electron chi connectivity index (χ4n) is 3.40. The Bertz CT molecular complexity index is 164. The van der Waals surface area contributed by atoms with Gasteiger partial charge in [-0.05, 0) is 25.7 Å². The largest absolute Gasteiger partial charge is 0.372 e. The summed E-state index contributed by atoms with van der Waals surface area (Å²) >= 11 is 0. The van der Waals surface area contributed by atoms with Crippen LogP contribution in [0.1, 0.15) is 51.4 Å². The van der Waals surface area contributed by atoms with Crippen LogP contribution in [-0.4, -0.2) is 24.3 Å². The predicted molar refractivity (Wildman–Crippen MR) is 56.3 cm³/mol. The highest BCUT2D eigenvalue weighted by Gasteiger charge is 2.39. The minimum Gasteiger partial charge on any atom is -0.372 e. The Morgan fingerprint density at radius 1 is 0.714 bits per heavy atom. The molecule has 4 atom stereocenters. The van der Waals surface area contributed by atoms with Gasteiger partial charge in [-0.25, -0.2) is 0 Å². The van der Waals surface area contributed by atoms with Gasteiger partial charge in [0.05, 0.1) is 12.2 Å². The van der Waals surface area contributed by atoms with Crippen LogP contribution in [0.2, 0.25) is 0 Å². The lowest BCUT2D eigenvalue weighted by Crippen LogP contribution is -2.60. The normalized spacial score (nSPS) is 48.0. The van der Waals surface area contributed by atoms with Crippen LogP contribution in [0.3, 0.4) is 0 Å². The first-order chi connectivity index (χ1) is 6.93. The van der Waals surface area contributed by atoms with Crippen molar-refractivity contribution in [3.63, 3.8) is 0 Å². The van der Waals surface area contributed by atoms with E-state index in [9.17, 15) is 0 Å². The Labute approximate surface area is 86.4 Å². The van der Waals surface area contributed by atoms with Crippen molar-refractivity contribution in [1.82, 2.24) is 5.32 Å². The highest BCUT2D eigenvalue weighted by atomic mass is 16.5. The topological polar surface area (TPSA) is 21.3 Å². The van der Waals surface area contributed by atoms with E-state index in [1.165, 1.54) is 51.4 Å². The molecule has 1 aliphatic heterocycles. The molecule has 4 unspecified atom stereocenters. The first-order valence-electron chi connectivity index (χ1n) is 6.35. The zero-order valence-electron chi connectivity index (χ0n) is 8.87. The maximum atomic E-state index is 6.23. The molecular weight excluding hydrogens is 174 g/mol. The first kappa shape index (κ1) is 9.17. The molecule has 0 aromatic rings. The van der Waals surface area contributed by atoms with Crippen molar-refractivity contribution in [2.24, 2.45) is 0 Å². The van der Waals surface area contributed by atoms with Gasteiger partial charge < -0.3 is 10.1 Å². The summed E-state index contributed by atoms with van der Waals surface area (Å²) in [5.41, 5.74) is 0. The average Bonchev–Trinajstić information content (AvgIpc) is 2.26. The Kier molecular flexibility index (Phi) is 2.50. The van der Waals surface area contributed by atoms with E-state index in [2.05, 4.69) is 5.32 Å². The molecule has 2 heteroatoms. The van der Waals surface area contributed by atoms with Crippen molar-refractivity contribution in [1.29, 1.82) is 0 Å². The van der Waals surface area contributed by atoms with Gasteiger partial charge in [0.15, 0.2) is 0 Å². The van der Waals surface area contributed by atoms with E-state index in [0.29, 0.717) is 24.3 Å². The summed E-state index contributed by atoms with van der Waals surface area (Å²) in [6, 6.07) is 1.37. The second kappa shape index (κ2) is 3.82. The third kappa shape index (κ3) is 1.59. The van der Waals surface area contributed by atoms with Crippen LogP contribution in [0.15, 0.2) is 0 Å². The molecule has 0 bridgehead atoms. The molecule has 0 radical (unpaired) electrons. The van der Waals surface area contributed by atoms with Crippen molar-refractivity contribution in [3.05, 3.63) is 0 Å². The lowest BCUT2D eigenvalue weighted by atomic mass is 9.84. The molecule has 3 fully saturated rings. The average molecular weight is 195 g/mol. The van der Waals surface area contributed by atoms with Crippen LogP contribution in [0.25, 0.3) is 0 Å². The van der Waals surface area contributed by atoms with E-state index in [4.69, 9.17) is 4.74 Å². The van der Waals surface area contributed by atoms with E-state index in [1.54, 1.807) is 0 Å². The van der Waals surface area contributed by atoms with Crippen LogP contribution in [0.4, 0.5) is 0 Å². The predicted octanol–water partition coefficient (Wildman–Crippen LogP) is 2.23. The molecule has 0 spiro atoms. The lowest BCUT2D eigenvalue weighted by molar-refractivity contribution is -0.113. The number of nitrogens with one attached hydrogen (secondary N) is 1. The first-order valence-corrected chi connectivity index (χ1v) is 6.35. The number of fused-ring (bicyclic) bond motifs is 2. The summed E-state index contributed by atoms with van der Waals surface area (Å²) in [6.45, 7) is 0.